The average molecular weight is 525 g/mol. The number of amides is 1. The standard InChI is InChI=1S/C21H31N7O.HI/c1-18(29)27-14-12-26(13-15-27)11-9-23-21(22-2)24-16-19-6-3-4-7-20(19)17-28-10-5-8-25-28;/h3-8,10H,9,11-17H2,1-2H3,(H2,22,23,24);1H. The lowest BCUT2D eigenvalue weighted by Crippen LogP contribution is -2.50. The van der Waals surface area contributed by atoms with Crippen LogP contribution in [0.1, 0.15) is 18.1 Å². The first kappa shape index (κ1) is 24.1. The zero-order valence-corrected chi connectivity index (χ0v) is 20.1. The lowest BCUT2D eigenvalue weighted by Gasteiger charge is -2.34. The Bertz CT molecular complexity index is 801. The minimum atomic E-state index is 0. The second-order valence-corrected chi connectivity index (χ2v) is 7.17. The van der Waals surface area contributed by atoms with Gasteiger partial charge in [-0.15, -0.1) is 24.0 Å². The number of piperazine rings is 1. The fourth-order valence-corrected chi connectivity index (χ4v) is 3.47. The molecule has 164 valence electrons. The molecule has 0 spiro atoms. The van der Waals surface area contributed by atoms with Crippen LogP contribution in [-0.4, -0.2) is 77.8 Å². The number of benzene rings is 1. The van der Waals surface area contributed by atoms with Crippen LogP contribution in [0.2, 0.25) is 0 Å². The summed E-state index contributed by atoms with van der Waals surface area (Å²) in [4.78, 5) is 20.0. The Balaban J connectivity index is 0.00000320. The van der Waals surface area contributed by atoms with Crippen LogP contribution in [0.5, 0.6) is 0 Å². The van der Waals surface area contributed by atoms with Crippen LogP contribution >= 0.6 is 24.0 Å². The number of aromatic nitrogens is 2. The molecule has 0 unspecified atom stereocenters. The zero-order chi connectivity index (χ0) is 20.5. The number of rotatable bonds is 7. The normalized spacial score (nSPS) is 14.9. The molecule has 1 aromatic heterocycles. The van der Waals surface area contributed by atoms with Gasteiger partial charge in [-0.05, 0) is 17.2 Å². The van der Waals surface area contributed by atoms with Gasteiger partial charge in [0.2, 0.25) is 5.91 Å². The summed E-state index contributed by atoms with van der Waals surface area (Å²) in [5.74, 6) is 0.960. The number of carbonyl (C=O) groups excluding carboxylic acids is 1. The molecule has 1 saturated heterocycles. The van der Waals surface area contributed by atoms with Crippen molar-refractivity contribution in [2.75, 3.05) is 46.3 Å². The van der Waals surface area contributed by atoms with E-state index in [9.17, 15) is 4.79 Å². The van der Waals surface area contributed by atoms with Gasteiger partial charge in [-0.3, -0.25) is 19.4 Å². The highest BCUT2D eigenvalue weighted by Crippen LogP contribution is 2.10. The van der Waals surface area contributed by atoms with Crippen LogP contribution in [0.3, 0.4) is 0 Å². The molecular weight excluding hydrogens is 493 g/mol. The van der Waals surface area contributed by atoms with Crippen LogP contribution in [0.4, 0.5) is 0 Å². The molecule has 1 aliphatic rings. The molecule has 1 aliphatic heterocycles. The molecule has 0 bridgehead atoms. The molecule has 2 N–H and O–H groups in total. The van der Waals surface area contributed by atoms with E-state index in [0.29, 0.717) is 6.54 Å². The molecule has 0 aliphatic carbocycles. The molecule has 0 saturated carbocycles. The average Bonchev–Trinajstić information content (AvgIpc) is 3.25. The van der Waals surface area contributed by atoms with Crippen molar-refractivity contribution < 1.29 is 4.79 Å². The van der Waals surface area contributed by atoms with Crippen molar-refractivity contribution in [2.45, 2.75) is 20.0 Å². The Morgan fingerprint density at radius 3 is 2.47 bits per heavy atom. The first-order valence-corrected chi connectivity index (χ1v) is 10.1. The highest BCUT2D eigenvalue weighted by atomic mass is 127. The molecule has 1 aromatic carbocycles. The maximum Gasteiger partial charge on any atom is 0.219 e. The van der Waals surface area contributed by atoms with Crippen molar-refractivity contribution in [3.8, 4) is 0 Å². The molecule has 0 radical (unpaired) electrons. The number of nitrogens with one attached hydrogen (secondary N) is 2. The first-order chi connectivity index (χ1) is 14.2. The van der Waals surface area contributed by atoms with E-state index in [0.717, 1.165) is 51.8 Å². The minimum Gasteiger partial charge on any atom is -0.355 e. The molecule has 2 heterocycles. The van der Waals surface area contributed by atoms with Crippen LogP contribution in [0.25, 0.3) is 0 Å². The van der Waals surface area contributed by atoms with Gasteiger partial charge in [0.15, 0.2) is 5.96 Å². The number of carbonyl (C=O) groups is 1. The zero-order valence-electron chi connectivity index (χ0n) is 17.8. The van der Waals surface area contributed by atoms with Crippen LogP contribution < -0.4 is 10.6 Å². The smallest absolute Gasteiger partial charge is 0.219 e. The number of hydrogen-bond donors (Lipinski definition) is 2. The third kappa shape index (κ3) is 7.28. The van der Waals surface area contributed by atoms with Crippen molar-refractivity contribution in [1.29, 1.82) is 0 Å². The van der Waals surface area contributed by atoms with Gasteiger partial charge in [-0.25, -0.2) is 0 Å². The summed E-state index contributed by atoms with van der Waals surface area (Å²) in [6.45, 7) is 8.32. The van der Waals surface area contributed by atoms with E-state index in [1.54, 1.807) is 20.2 Å². The molecular formula is C21H32IN7O. The lowest BCUT2D eigenvalue weighted by molar-refractivity contribution is -0.130. The van der Waals surface area contributed by atoms with E-state index >= 15 is 0 Å². The monoisotopic (exact) mass is 525 g/mol. The summed E-state index contributed by atoms with van der Waals surface area (Å²) in [5.41, 5.74) is 2.47. The summed E-state index contributed by atoms with van der Waals surface area (Å²) >= 11 is 0. The molecule has 1 fully saturated rings. The van der Waals surface area contributed by atoms with E-state index in [1.807, 2.05) is 21.8 Å². The third-order valence-corrected chi connectivity index (χ3v) is 5.22. The van der Waals surface area contributed by atoms with E-state index in [-0.39, 0.29) is 29.9 Å². The number of halogens is 1. The number of hydrogen-bond acceptors (Lipinski definition) is 4. The largest absolute Gasteiger partial charge is 0.355 e. The maximum absolute atomic E-state index is 11.4. The van der Waals surface area contributed by atoms with Gasteiger partial charge < -0.3 is 15.5 Å². The molecule has 8 nitrogen and oxygen atoms in total. The second kappa shape index (κ2) is 12.5. The summed E-state index contributed by atoms with van der Waals surface area (Å²) in [6, 6.07) is 10.3. The van der Waals surface area contributed by atoms with Gasteiger partial charge in [0.25, 0.3) is 0 Å². The third-order valence-electron chi connectivity index (χ3n) is 5.22. The van der Waals surface area contributed by atoms with Gasteiger partial charge in [-0.2, -0.15) is 5.10 Å². The van der Waals surface area contributed by atoms with Crippen molar-refractivity contribution >= 4 is 35.8 Å². The van der Waals surface area contributed by atoms with E-state index in [1.165, 1.54) is 11.1 Å². The van der Waals surface area contributed by atoms with E-state index < -0.39 is 0 Å². The van der Waals surface area contributed by atoms with Gasteiger partial charge >= 0.3 is 0 Å². The van der Waals surface area contributed by atoms with E-state index in [2.05, 4.69) is 49.9 Å². The molecule has 2 aromatic rings. The van der Waals surface area contributed by atoms with Crippen LogP contribution in [0, 0.1) is 0 Å². The van der Waals surface area contributed by atoms with Crippen LogP contribution in [0.15, 0.2) is 47.7 Å². The number of guanidine groups is 1. The molecule has 1 amide bonds. The van der Waals surface area contributed by atoms with Crippen LogP contribution in [-0.2, 0) is 17.9 Å². The summed E-state index contributed by atoms with van der Waals surface area (Å²) < 4.78 is 1.93. The van der Waals surface area contributed by atoms with Crippen molar-refractivity contribution in [2.24, 2.45) is 4.99 Å². The van der Waals surface area contributed by atoms with Crippen molar-refractivity contribution in [1.82, 2.24) is 30.2 Å². The Hall–Kier alpha value is -2.14. The summed E-state index contributed by atoms with van der Waals surface area (Å²) in [6.07, 6.45) is 3.77. The first-order valence-electron chi connectivity index (χ1n) is 10.1. The van der Waals surface area contributed by atoms with Gasteiger partial charge in [0.05, 0.1) is 6.54 Å². The van der Waals surface area contributed by atoms with Crippen molar-refractivity contribution in [3.63, 3.8) is 0 Å². The molecule has 0 atom stereocenters. The Kier molecular flexibility index (Phi) is 10.1. The van der Waals surface area contributed by atoms with Gasteiger partial charge in [0, 0.05) is 72.2 Å². The fraction of sp³-hybridized carbons (Fsp3) is 0.476. The SMILES string of the molecule is CN=C(NCCN1CCN(C(C)=O)CC1)NCc1ccccc1Cn1cccn1.I. The fourth-order valence-electron chi connectivity index (χ4n) is 3.47. The minimum absolute atomic E-state index is 0. The topological polar surface area (TPSA) is 77.8 Å². The Morgan fingerprint density at radius 2 is 1.83 bits per heavy atom. The number of aliphatic imine (C=N–C) groups is 1. The summed E-state index contributed by atoms with van der Waals surface area (Å²) in [5, 5.41) is 11.1. The predicted octanol–water partition coefficient (Wildman–Crippen LogP) is 1.38. The highest BCUT2D eigenvalue weighted by molar-refractivity contribution is 14.0. The predicted molar refractivity (Wildman–Crippen MR) is 130 cm³/mol. The van der Waals surface area contributed by atoms with Gasteiger partial charge in [-0.1, -0.05) is 24.3 Å². The Labute approximate surface area is 195 Å². The Morgan fingerprint density at radius 1 is 1.10 bits per heavy atom. The van der Waals surface area contributed by atoms with Gasteiger partial charge in [0.1, 0.15) is 0 Å². The second-order valence-electron chi connectivity index (χ2n) is 7.17. The number of nitrogens with zero attached hydrogens (tertiary/aromatic N) is 5. The maximum atomic E-state index is 11.4. The highest BCUT2D eigenvalue weighted by Gasteiger charge is 2.17. The molecule has 3 rings (SSSR count). The van der Waals surface area contributed by atoms with E-state index in [4.69, 9.17) is 0 Å². The lowest BCUT2D eigenvalue weighted by atomic mass is 10.1. The summed E-state index contributed by atoms with van der Waals surface area (Å²) in [7, 11) is 1.79. The van der Waals surface area contributed by atoms with Crippen molar-refractivity contribution in [3.05, 3.63) is 53.9 Å². The quantitative estimate of drug-likeness (QED) is 0.325. The molecule has 30 heavy (non-hydrogen) atoms. The molecule has 9 heteroatoms.